The Balaban J connectivity index is 1.73. The molecular formula is C34H62O10. The Morgan fingerprint density at radius 3 is 1.11 bits per heavy atom. The fourth-order valence-electron chi connectivity index (χ4n) is 4.04. The van der Waals surface area contributed by atoms with E-state index >= 15 is 0 Å². The van der Waals surface area contributed by atoms with Gasteiger partial charge in [-0.05, 0) is 30.5 Å². The zero-order valence-electron chi connectivity index (χ0n) is 27.8. The Bertz CT molecular complexity index is 677. The number of benzene rings is 1. The van der Waals surface area contributed by atoms with Crippen LogP contribution >= 0.6 is 0 Å². The first-order chi connectivity index (χ1) is 21.9. The minimum absolute atomic E-state index is 0.525. The number of hydrogen-bond acceptors (Lipinski definition) is 10. The summed E-state index contributed by atoms with van der Waals surface area (Å²) in [7, 11) is 1.65. The molecule has 0 spiro atoms. The largest absolute Gasteiger partial charge is 0.491 e. The lowest BCUT2D eigenvalue weighted by atomic mass is 10.0. The lowest BCUT2D eigenvalue weighted by molar-refractivity contribution is -0.0247. The summed E-state index contributed by atoms with van der Waals surface area (Å²) in [6, 6.07) is 8.46. The molecule has 0 saturated carbocycles. The van der Waals surface area contributed by atoms with Gasteiger partial charge in [-0.1, -0.05) is 57.6 Å². The minimum atomic E-state index is 0.525. The Labute approximate surface area is 267 Å². The van der Waals surface area contributed by atoms with Crippen LogP contribution in [0.3, 0.4) is 0 Å². The quantitative estimate of drug-likeness (QED) is 0.0929. The van der Waals surface area contributed by atoms with E-state index in [1.807, 2.05) is 0 Å². The molecule has 0 aliphatic heterocycles. The number of unbranched alkanes of at least 4 members (excludes halogenated alkanes) is 6. The summed E-state index contributed by atoms with van der Waals surface area (Å²) >= 11 is 0. The van der Waals surface area contributed by atoms with Crippen LogP contribution < -0.4 is 4.74 Å². The van der Waals surface area contributed by atoms with E-state index in [0.29, 0.717) is 119 Å². The van der Waals surface area contributed by atoms with E-state index in [0.717, 1.165) is 12.2 Å². The van der Waals surface area contributed by atoms with Crippen LogP contribution in [-0.4, -0.2) is 126 Å². The second kappa shape index (κ2) is 34.5. The average Bonchev–Trinajstić information content (AvgIpc) is 3.04. The van der Waals surface area contributed by atoms with Crippen molar-refractivity contribution in [2.45, 2.75) is 58.3 Å². The number of hydrogen-bond donors (Lipinski definition) is 0. The fraction of sp³-hybridized carbons (Fsp3) is 0.824. The fourth-order valence-corrected chi connectivity index (χ4v) is 4.04. The topological polar surface area (TPSA) is 92.3 Å². The van der Waals surface area contributed by atoms with Gasteiger partial charge >= 0.3 is 0 Å². The predicted molar refractivity (Wildman–Crippen MR) is 172 cm³/mol. The molecule has 0 atom stereocenters. The van der Waals surface area contributed by atoms with Crippen LogP contribution in [0, 0.1) is 0 Å². The molecule has 0 saturated heterocycles. The Morgan fingerprint density at radius 1 is 0.386 bits per heavy atom. The molecule has 44 heavy (non-hydrogen) atoms. The summed E-state index contributed by atoms with van der Waals surface area (Å²) in [5, 5.41) is 0. The van der Waals surface area contributed by atoms with Gasteiger partial charge in [-0.3, -0.25) is 0 Å². The van der Waals surface area contributed by atoms with Gasteiger partial charge in [0.1, 0.15) is 12.4 Å². The van der Waals surface area contributed by atoms with E-state index in [4.69, 9.17) is 47.4 Å². The maximum Gasteiger partial charge on any atom is 0.119 e. The van der Waals surface area contributed by atoms with Crippen molar-refractivity contribution in [3.8, 4) is 5.75 Å². The maximum atomic E-state index is 5.78. The van der Waals surface area contributed by atoms with Crippen molar-refractivity contribution in [3.63, 3.8) is 0 Å². The molecule has 0 bridgehead atoms. The van der Waals surface area contributed by atoms with Crippen LogP contribution in [0.5, 0.6) is 5.75 Å². The van der Waals surface area contributed by atoms with Crippen LogP contribution in [-0.2, 0) is 49.1 Å². The van der Waals surface area contributed by atoms with Crippen LogP contribution in [0.2, 0.25) is 0 Å². The Morgan fingerprint density at radius 2 is 0.727 bits per heavy atom. The maximum absolute atomic E-state index is 5.78. The van der Waals surface area contributed by atoms with E-state index in [2.05, 4.69) is 31.2 Å². The molecular weight excluding hydrogens is 568 g/mol. The van der Waals surface area contributed by atoms with Crippen LogP contribution in [0.25, 0.3) is 0 Å². The molecule has 1 rings (SSSR count). The molecule has 0 N–H and O–H groups in total. The molecule has 0 aromatic heterocycles. The number of ether oxygens (including phenoxy) is 10. The standard InChI is InChI=1S/C34H62O10/c1-3-4-5-6-7-8-9-10-33-11-13-34(14-12-33)44-32-31-43-30-29-42-28-27-41-26-25-40-24-23-39-22-21-38-20-19-37-18-17-36-16-15-35-2/h11-14H,3-10,15-32H2,1-2H3. The van der Waals surface area contributed by atoms with Crippen LogP contribution in [0.1, 0.15) is 57.4 Å². The zero-order valence-corrected chi connectivity index (χ0v) is 27.8. The number of methoxy groups -OCH3 is 1. The van der Waals surface area contributed by atoms with E-state index in [-0.39, 0.29) is 0 Å². The van der Waals surface area contributed by atoms with Crippen molar-refractivity contribution in [2.24, 2.45) is 0 Å². The van der Waals surface area contributed by atoms with Crippen LogP contribution in [0.4, 0.5) is 0 Å². The molecule has 0 aliphatic rings. The molecule has 0 heterocycles. The molecule has 10 nitrogen and oxygen atoms in total. The molecule has 0 amide bonds. The third kappa shape index (κ3) is 29.4. The number of rotatable bonds is 36. The zero-order chi connectivity index (χ0) is 31.4. The van der Waals surface area contributed by atoms with E-state index in [9.17, 15) is 0 Å². The first-order valence-corrected chi connectivity index (χ1v) is 16.7. The summed E-state index contributed by atoms with van der Waals surface area (Å²) in [5.74, 6) is 0.890. The Hall–Kier alpha value is -1.34. The molecule has 10 heteroatoms. The number of aryl methyl sites for hydroxylation is 1. The molecule has 258 valence electrons. The van der Waals surface area contributed by atoms with Crippen molar-refractivity contribution < 1.29 is 47.4 Å². The minimum Gasteiger partial charge on any atom is -0.491 e. The van der Waals surface area contributed by atoms with Gasteiger partial charge < -0.3 is 47.4 Å². The molecule has 0 fully saturated rings. The van der Waals surface area contributed by atoms with Gasteiger partial charge in [0.05, 0.1) is 112 Å². The highest BCUT2D eigenvalue weighted by Crippen LogP contribution is 2.15. The van der Waals surface area contributed by atoms with Crippen molar-refractivity contribution in [1.82, 2.24) is 0 Å². The Kier molecular flexibility index (Phi) is 31.9. The summed E-state index contributed by atoms with van der Waals surface area (Å²) in [5.41, 5.74) is 1.38. The van der Waals surface area contributed by atoms with Crippen molar-refractivity contribution in [1.29, 1.82) is 0 Å². The van der Waals surface area contributed by atoms with Gasteiger partial charge in [0.25, 0.3) is 0 Å². The average molecular weight is 631 g/mol. The second-order valence-corrected chi connectivity index (χ2v) is 10.3. The normalized spacial score (nSPS) is 11.4. The monoisotopic (exact) mass is 630 g/mol. The van der Waals surface area contributed by atoms with Gasteiger partial charge in [0.2, 0.25) is 0 Å². The lowest BCUT2D eigenvalue weighted by Gasteiger charge is -2.09. The molecule has 0 radical (unpaired) electrons. The van der Waals surface area contributed by atoms with E-state index in [1.54, 1.807) is 7.11 Å². The smallest absolute Gasteiger partial charge is 0.119 e. The third-order valence-corrected chi connectivity index (χ3v) is 6.52. The van der Waals surface area contributed by atoms with Gasteiger partial charge in [-0.15, -0.1) is 0 Å². The van der Waals surface area contributed by atoms with Crippen LogP contribution in [0.15, 0.2) is 24.3 Å². The van der Waals surface area contributed by atoms with E-state index in [1.165, 1.54) is 50.5 Å². The third-order valence-electron chi connectivity index (χ3n) is 6.52. The van der Waals surface area contributed by atoms with Crippen molar-refractivity contribution >= 4 is 0 Å². The molecule has 1 aromatic carbocycles. The van der Waals surface area contributed by atoms with E-state index < -0.39 is 0 Å². The first kappa shape index (κ1) is 40.7. The van der Waals surface area contributed by atoms with Crippen molar-refractivity contribution in [3.05, 3.63) is 29.8 Å². The second-order valence-electron chi connectivity index (χ2n) is 10.3. The van der Waals surface area contributed by atoms with Gasteiger partial charge in [-0.25, -0.2) is 0 Å². The van der Waals surface area contributed by atoms with Gasteiger partial charge in [0, 0.05) is 7.11 Å². The first-order valence-electron chi connectivity index (χ1n) is 16.7. The van der Waals surface area contributed by atoms with Gasteiger partial charge in [0.15, 0.2) is 0 Å². The van der Waals surface area contributed by atoms with Gasteiger partial charge in [-0.2, -0.15) is 0 Å². The molecule has 1 aromatic rings. The highest BCUT2D eigenvalue weighted by molar-refractivity contribution is 5.27. The summed E-state index contributed by atoms with van der Waals surface area (Å²) in [4.78, 5) is 0. The highest BCUT2D eigenvalue weighted by atomic mass is 16.6. The van der Waals surface area contributed by atoms with Crippen molar-refractivity contribution in [2.75, 3.05) is 126 Å². The molecule has 0 aliphatic carbocycles. The summed E-state index contributed by atoms with van der Waals surface area (Å²) in [6.45, 7) is 12.0. The summed E-state index contributed by atoms with van der Waals surface area (Å²) < 4.78 is 54.4. The molecule has 0 unspecified atom stereocenters. The highest BCUT2D eigenvalue weighted by Gasteiger charge is 1.99. The SMILES string of the molecule is CCCCCCCCCc1ccc(OCCOCCOCCOCCOCCOCCOCCOCCOCCOC)cc1. The predicted octanol–water partition coefficient (Wildman–Crippen LogP) is 5.14. The summed E-state index contributed by atoms with van der Waals surface area (Å²) in [6.07, 6.45) is 10.5. The lowest BCUT2D eigenvalue weighted by Crippen LogP contribution is -2.15.